The third kappa shape index (κ3) is 3.50. The predicted octanol–water partition coefficient (Wildman–Crippen LogP) is 2.12. The van der Waals surface area contributed by atoms with Crippen molar-refractivity contribution in [1.82, 2.24) is 19.8 Å². The van der Waals surface area contributed by atoms with Crippen LogP contribution in [0.5, 0.6) is 0 Å². The fourth-order valence-electron chi connectivity index (χ4n) is 4.20. The van der Waals surface area contributed by atoms with Gasteiger partial charge in [-0.05, 0) is 52.6 Å². The molecule has 2 aliphatic rings. The van der Waals surface area contributed by atoms with Crippen LogP contribution >= 0.6 is 0 Å². The van der Waals surface area contributed by atoms with Gasteiger partial charge in [-0.2, -0.15) is 0 Å². The number of carbonyl (C=O) groups excluding carboxylic acids is 1. The summed E-state index contributed by atoms with van der Waals surface area (Å²) in [4.78, 5) is 28.6. The summed E-state index contributed by atoms with van der Waals surface area (Å²) < 4.78 is 0. The van der Waals surface area contributed by atoms with E-state index in [1.54, 1.807) is 12.4 Å². The van der Waals surface area contributed by atoms with Crippen LogP contribution in [0.4, 0.5) is 5.82 Å². The van der Waals surface area contributed by atoms with E-state index in [0.29, 0.717) is 11.8 Å². The molecule has 1 unspecified atom stereocenters. The molecule has 3 rings (SSSR count). The second kappa shape index (κ2) is 7.28. The molecule has 1 amide bonds. The fraction of sp³-hybridized carbons (Fsp3) is 0.737. The van der Waals surface area contributed by atoms with Crippen molar-refractivity contribution < 1.29 is 4.79 Å². The van der Waals surface area contributed by atoms with E-state index in [-0.39, 0.29) is 5.54 Å². The van der Waals surface area contributed by atoms with Crippen LogP contribution in [0.2, 0.25) is 0 Å². The maximum atomic E-state index is 13.2. The van der Waals surface area contributed by atoms with Crippen LogP contribution in [0.25, 0.3) is 0 Å². The second-order valence-electron chi connectivity index (χ2n) is 7.88. The molecule has 1 atom stereocenters. The number of hydrogen-bond donors (Lipinski definition) is 0. The standard InChI is InChI=1S/C19H31N5O/c1-19(9-5-6-12-23(19)4)18(25)24-13-7-15(8-14-24)16-17(22(2)3)21-11-10-20-16/h10-11,15H,5-9,12-14H2,1-4H3. The molecular weight excluding hydrogens is 314 g/mol. The molecule has 0 spiro atoms. The first kappa shape index (κ1) is 18.1. The zero-order valence-electron chi connectivity index (χ0n) is 16.0. The van der Waals surface area contributed by atoms with Crippen molar-refractivity contribution in [2.24, 2.45) is 0 Å². The molecule has 0 radical (unpaired) electrons. The summed E-state index contributed by atoms with van der Waals surface area (Å²) >= 11 is 0. The van der Waals surface area contributed by atoms with Gasteiger partial charge in [0, 0.05) is 45.5 Å². The molecule has 1 aromatic rings. The van der Waals surface area contributed by atoms with E-state index in [1.807, 2.05) is 19.0 Å². The summed E-state index contributed by atoms with van der Waals surface area (Å²) in [5.41, 5.74) is 0.743. The Morgan fingerprint density at radius 3 is 2.48 bits per heavy atom. The molecule has 0 saturated carbocycles. The topological polar surface area (TPSA) is 52.6 Å². The highest BCUT2D eigenvalue weighted by Gasteiger charge is 2.42. The largest absolute Gasteiger partial charge is 0.361 e. The van der Waals surface area contributed by atoms with E-state index in [4.69, 9.17) is 0 Å². The number of piperidine rings is 2. The minimum absolute atomic E-state index is 0.306. The minimum atomic E-state index is -0.327. The Labute approximate surface area is 151 Å². The molecule has 25 heavy (non-hydrogen) atoms. The summed E-state index contributed by atoms with van der Waals surface area (Å²) in [7, 11) is 6.10. The van der Waals surface area contributed by atoms with Gasteiger partial charge in [0.15, 0.2) is 0 Å². The zero-order chi connectivity index (χ0) is 18.0. The second-order valence-corrected chi connectivity index (χ2v) is 7.88. The van der Waals surface area contributed by atoms with Gasteiger partial charge in [-0.3, -0.25) is 14.7 Å². The van der Waals surface area contributed by atoms with Gasteiger partial charge in [-0.15, -0.1) is 0 Å². The summed E-state index contributed by atoms with van der Waals surface area (Å²) in [5.74, 6) is 1.64. The van der Waals surface area contributed by atoms with Crippen molar-refractivity contribution in [1.29, 1.82) is 0 Å². The smallest absolute Gasteiger partial charge is 0.242 e. The molecule has 6 heteroatoms. The van der Waals surface area contributed by atoms with E-state index >= 15 is 0 Å². The Hall–Kier alpha value is -1.69. The van der Waals surface area contributed by atoms with E-state index in [9.17, 15) is 4.79 Å². The lowest BCUT2D eigenvalue weighted by molar-refractivity contribution is -0.146. The van der Waals surface area contributed by atoms with Gasteiger partial charge in [0.05, 0.1) is 11.2 Å². The van der Waals surface area contributed by atoms with Gasteiger partial charge in [0.2, 0.25) is 5.91 Å². The summed E-state index contributed by atoms with van der Waals surface area (Å²) in [5, 5.41) is 0. The lowest BCUT2D eigenvalue weighted by Gasteiger charge is -2.45. The van der Waals surface area contributed by atoms with E-state index in [1.165, 1.54) is 6.42 Å². The molecule has 0 bridgehead atoms. The summed E-state index contributed by atoms with van der Waals surface area (Å²) in [6.07, 6.45) is 8.76. The fourth-order valence-corrected chi connectivity index (χ4v) is 4.20. The quantitative estimate of drug-likeness (QED) is 0.840. The van der Waals surface area contributed by atoms with Crippen molar-refractivity contribution in [2.75, 3.05) is 45.7 Å². The number of anilines is 1. The van der Waals surface area contributed by atoms with Gasteiger partial charge >= 0.3 is 0 Å². The monoisotopic (exact) mass is 345 g/mol. The molecule has 0 aromatic carbocycles. The first-order valence-electron chi connectivity index (χ1n) is 9.42. The molecule has 2 saturated heterocycles. The lowest BCUT2D eigenvalue weighted by Crippen LogP contribution is -2.59. The van der Waals surface area contributed by atoms with Gasteiger partial charge in [0.25, 0.3) is 0 Å². The van der Waals surface area contributed by atoms with Crippen molar-refractivity contribution in [3.05, 3.63) is 18.1 Å². The highest BCUT2D eigenvalue weighted by atomic mass is 16.2. The van der Waals surface area contributed by atoms with Crippen LogP contribution in [-0.4, -0.2) is 72.0 Å². The Kier molecular flexibility index (Phi) is 5.27. The lowest BCUT2D eigenvalue weighted by atomic mass is 9.86. The number of amides is 1. The maximum absolute atomic E-state index is 13.2. The highest BCUT2D eigenvalue weighted by Crippen LogP contribution is 2.34. The summed E-state index contributed by atoms with van der Waals surface area (Å²) in [6.45, 7) is 4.77. The zero-order valence-corrected chi connectivity index (χ0v) is 16.0. The Bertz CT molecular complexity index is 612. The van der Waals surface area contributed by atoms with Gasteiger partial charge in [0.1, 0.15) is 5.82 Å². The first-order chi connectivity index (χ1) is 11.9. The normalized spacial score (nSPS) is 25.8. The SMILES string of the molecule is CN(C)c1nccnc1C1CCN(C(=O)C2(C)CCCCN2C)CC1. The van der Waals surface area contributed by atoms with Crippen LogP contribution in [0.15, 0.2) is 12.4 Å². The van der Waals surface area contributed by atoms with E-state index < -0.39 is 0 Å². The van der Waals surface area contributed by atoms with Crippen molar-refractivity contribution in [3.8, 4) is 0 Å². The molecule has 6 nitrogen and oxygen atoms in total. The van der Waals surface area contributed by atoms with Gasteiger partial charge < -0.3 is 9.80 Å². The predicted molar refractivity (Wildman–Crippen MR) is 99.8 cm³/mol. The van der Waals surface area contributed by atoms with Crippen molar-refractivity contribution in [2.45, 2.75) is 50.5 Å². The molecular formula is C19H31N5O. The summed E-state index contributed by atoms with van der Waals surface area (Å²) in [6, 6.07) is 0. The van der Waals surface area contributed by atoms with Gasteiger partial charge in [-0.25, -0.2) is 4.98 Å². The average Bonchev–Trinajstić information content (AvgIpc) is 2.63. The van der Waals surface area contributed by atoms with E-state index in [0.717, 1.165) is 56.8 Å². The molecule has 0 aliphatic carbocycles. The maximum Gasteiger partial charge on any atom is 0.242 e. The van der Waals surface area contributed by atoms with Crippen LogP contribution in [0.3, 0.4) is 0 Å². The Morgan fingerprint density at radius 1 is 1.16 bits per heavy atom. The van der Waals surface area contributed by atoms with E-state index in [2.05, 4.69) is 33.7 Å². The molecule has 2 aliphatic heterocycles. The molecule has 1 aromatic heterocycles. The van der Waals surface area contributed by atoms with Crippen LogP contribution in [0, 0.1) is 0 Å². The number of aromatic nitrogens is 2. The van der Waals surface area contributed by atoms with Gasteiger partial charge in [-0.1, -0.05) is 0 Å². The molecule has 138 valence electrons. The number of nitrogens with zero attached hydrogens (tertiary/aromatic N) is 5. The number of rotatable bonds is 3. The highest BCUT2D eigenvalue weighted by molar-refractivity contribution is 5.86. The third-order valence-electron chi connectivity index (χ3n) is 6.01. The Balaban J connectivity index is 1.67. The number of likely N-dealkylation sites (N-methyl/N-ethyl adjacent to an activating group) is 1. The molecule has 3 heterocycles. The third-order valence-corrected chi connectivity index (χ3v) is 6.01. The van der Waals surface area contributed by atoms with Crippen molar-refractivity contribution >= 4 is 11.7 Å². The van der Waals surface area contributed by atoms with Crippen LogP contribution in [-0.2, 0) is 4.79 Å². The van der Waals surface area contributed by atoms with Crippen LogP contribution < -0.4 is 4.90 Å². The average molecular weight is 345 g/mol. The molecule has 0 N–H and O–H groups in total. The first-order valence-corrected chi connectivity index (χ1v) is 9.42. The number of hydrogen-bond acceptors (Lipinski definition) is 5. The van der Waals surface area contributed by atoms with Crippen LogP contribution in [0.1, 0.15) is 50.6 Å². The van der Waals surface area contributed by atoms with Crippen molar-refractivity contribution in [3.63, 3.8) is 0 Å². The number of carbonyl (C=O) groups is 1. The minimum Gasteiger partial charge on any atom is -0.361 e. The Morgan fingerprint density at radius 2 is 1.84 bits per heavy atom. The number of likely N-dealkylation sites (tertiary alicyclic amines) is 2. The molecule has 2 fully saturated rings.